The summed E-state index contributed by atoms with van der Waals surface area (Å²) in [5.41, 5.74) is 3.80. The van der Waals surface area contributed by atoms with Gasteiger partial charge in [-0.25, -0.2) is 10.8 Å². The van der Waals surface area contributed by atoms with Crippen LogP contribution in [-0.2, 0) is 4.74 Å². The van der Waals surface area contributed by atoms with Gasteiger partial charge in [-0.05, 0) is 12.0 Å². The van der Waals surface area contributed by atoms with Crippen molar-refractivity contribution in [3.05, 3.63) is 35.9 Å². The van der Waals surface area contributed by atoms with E-state index in [-0.39, 0.29) is 6.04 Å². The highest BCUT2D eigenvalue weighted by molar-refractivity contribution is 5.79. The zero-order chi connectivity index (χ0) is 13.2. The summed E-state index contributed by atoms with van der Waals surface area (Å²) in [4.78, 5) is 4.29. The molecule has 1 unspecified atom stereocenters. The summed E-state index contributed by atoms with van der Waals surface area (Å²) in [7, 11) is 1.65. The minimum atomic E-state index is 0.198. The van der Waals surface area contributed by atoms with Crippen LogP contribution in [0.1, 0.15) is 24.9 Å². The Hall–Kier alpha value is -1.59. The largest absolute Gasteiger partial charge is 0.383 e. The number of nitrogens with one attached hydrogen (secondary N) is 2. The van der Waals surface area contributed by atoms with Gasteiger partial charge in [-0.1, -0.05) is 37.3 Å². The van der Waals surface area contributed by atoms with Gasteiger partial charge in [0.1, 0.15) is 0 Å². The summed E-state index contributed by atoms with van der Waals surface area (Å²) >= 11 is 0. The Balaban J connectivity index is 2.63. The normalized spacial score (nSPS) is 13.2. The monoisotopic (exact) mass is 250 g/mol. The molecule has 1 atom stereocenters. The molecule has 0 bridgehead atoms. The average Bonchev–Trinajstić information content (AvgIpc) is 2.43. The first kappa shape index (κ1) is 14.5. The van der Waals surface area contributed by atoms with Crippen molar-refractivity contribution in [2.24, 2.45) is 10.8 Å². The van der Waals surface area contributed by atoms with Crippen LogP contribution in [0, 0.1) is 0 Å². The predicted octanol–water partition coefficient (Wildman–Crippen LogP) is 1.19. The van der Waals surface area contributed by atoms with Crippen LogP contribution < -0.4 is 16.6 Å². The summed E-state index contributed by atoms with van der Waals surface area (Å²) < 4.78 is 4.95. The van der Waals surface area contributed by atoms with E-state index < -0.39 is 0 Å². The van der Waals surface area contributed by atoms with Crippen molar-refractivity contribution in [1.82, 2.24) is 10.7 Å². The SMILES string of the molecule is CCC(NC(=NCCOC)NN)c1ccccc1. The Kier molecular flexibility index (Phi) is 6.83. The first-order valence-electron chi connectivity index (χ1n) is 6.13. The average molecular weight is 250 g/mol. The van der Waals surface area contributed by atoms with E-state index in [0.29, 0.717) is 19.1 Å². The fourth-order valence-electron chi connectivity index (χ4n) is 1.65. The van der Waals surface area contributed by atoms with Crippen LogP contribution in [0.25, 0.3) is 0 Å². The van der Waals surface area contributed by atoms with Gasteiger partial charge >= 0.3 is 0 Å². The predicted molar refractivity (Wildman–Crippen MR) is 74.1 cm³/mol. The Morgan fingerprint density at radius 2 is 2.11 bits per heavy atom. The molecule has 0 aliphatic rings. The van der Waals surface area contributed by atoms with Crippen LogP contribution in [-0.4, -0.2) is 26.2 Å². The van der Waals surface area contributed by atoms with Crippen molar-refractivity contribution in [2.45, 2.75) is 19.4 Å². The highest BCUT2D eigenvalue weighted by Gasteiger charge is 2.09. The van der Waals surface area contributed by atoms with Crippen molar-refractivity contribution < 1.29 is 4.74 Å². The number of rotatable bonds is 6. The van der Waals surface area contributed by atoms with Gasteiger partial charge in [-0.15, -0.1) is 0 Å². The molecule has 0 spiro atoms. The maximum absolute atomic E-state index is 5.45. The van der Waals surface area contributed by atoms with E-state index in [1.54, 1.807) is 7.11 Å². The lowest BCUT2D eigenvalue weighted by Crippen LogP contribution is -2.43. The molecule has 1 aromatic rings. The highest BCUT2D eigenvalue weighted by Crippen LogP contribution is 2.15. The zero-order valence-corrected chi connectivity index (χ0v) is 11.0. The molecule has 5 nitrogen and oxygen atoms in total. The minimum absolute atomic E-state index is 0.198. The molecule has 0 saturated carbocycles. The maximum atomic E-state index is 5.45. The molecule has 0 amide bonds. The molecule has 1 rings (SSSR count). The number of hydrazine groups is 1. The van der Waals surface area contributed by atoms with Crippen LogP contribution in [0.3, 0.4) is 0 Å². The molecule has 0 aliphatic heterocycles. The van der Waals surface area contributed by atoms with Crippen LogP contribution in [0.4, 0.5) is 0 Å². The smallest absolute Gasteiger partial charge is 0.206 e. The third-order valence-corrected chi connectivity index (χ3v) is 2.62. The number of nitrogens with zero attached hydrogens (tertiary/aromatic N) is 1. The maximum Gasteiger partial charge on any atom is 0.206 e. The van der Waals surface area contributed by atoms with Gasteiger partial charge in [0.05, 0.1) is 19.2 Å². The first-order valence-corrected chi connectivity index (χ1v) is 6.13. The molecular formula is C13H22N4O. The molecule has 0 fully saturated rings. The molecule has 0 aliphatic carbocycles. The number of ether oxygens (including phenoxy) is 1. The third-order valence-electron chi connectivity index (χ3n) is 2.62. The molecular weight excluding hydrogens is 228 g/mol. The van der Waals surface area contributed by atoms with E-state index in [4.69, 9.17) is 10.6 Å². The Morgan fingerprint density at radius 3 is 2.67 bits per heavy atom. The third kappa shape index (κ3) is 4.73. The van der Waals surface area contributed by atoms with Crippen LogP contribution in [0.5, 0.6) is 0 Å². The van der Waals surface area contributed by atoms with E-state index in [1.165, 1.54) is 5.56 Å². The number of guanidine groups is 1. The van der Waals surface area contributed by atoms with E-state index in [2.05, 4.69) is 34.8 Å². The molecule has 0 saturated heterocycles. The zero-order valence-electron chi connectivity index (χ0n) is 11.0. The minimum Gasteiger partial charge on any atom is -0.383 e. The summed E-state index contributed by atoms with van der Waals surface area (Å²) in [6.45, 7) is 3.28. The quantitative estimate of drug-likeness (QED) is 0.233. The fraction of sp³-hybridized carbons (Fsp3) is 0.462. The van der Waals surface area contributed by atoms with Crippen molar-refractivity contribution in [1.29, 1.82) is 0 Å². The van der Waals surface area contributed by atoms with Gasteiger partial charge in [0.2, 0.25) is 5.96 Å². The highest BCUT2D eigenvalue weighted by atomic mass is 16.5. The molecule has 1 aromatic carbocycles. The number of nitrogens with two attached hydrogens (primary N) is 1. The molecule has 0 heterocycles. The number of hydrogen-bond acceptors (Lipinski definition) is 3. The lowest BCUT2D eigenvalue weighted by atomic mass is 10.1. The molecule has 5 heteroatoms. The van der Waals surface area contributed by atoms with Crippen molar-refractivity contribution >= 4 is 5.96 Å². The molecule has 18 heavy (non-hydrogen) atoms. The molecule has 0 radical (unpaired) electrons. The van der Waals surface area contributed by atoms with Crippen LogP contribution in [0.2, 0.25) is 0 Å². The summed E-state index contributed by atoms with van der Waals surface area (Å²) in [6.07, 6.45) is 0.953. The topological polar surface area (TPSA) is 71.7 Å². The van der Waals surface area contributed by atoms with Gasteiger partial charge < -0.3 is 10.1 Å². The second kappa shape index (κ2) is 8.49. The van der Waals surface area contributed by atoms with Crippen molar-refractivity contribution in [2.75, 3.05) is 20.3 Å². The van der Waals surface area contributed by atoms with E-state index in [0.717, 1.165) is 6.42 Å². The summed E-state index contributed by atoms with van der Waals surface area (Å²) in [5.74, 6) is 6.04. The van der Waals surface area contributed by atoms with Crippen molar-refractivity contribution in [3.63, 3.8) is 0 Å². The second-order valence-corrected chi connectivity index (χ2v) is 3.88. The Morgan fingerprint density at radius 1 is 1.39 bits per heavy atom. The number of benzene rings is 1. The lowest BCUT2D eigenvalue weighted by molar-refractivity contribution is 0.208. The number of methoxy groups -OCH3 is 1. The standard InChI is InChI=1S/C13H22N4O/c1-3-12(11-7-5-4-6-8-11)16-13(17-14)15-9-10-18-2/h4-8,12H,3,9-10,14H2,1-2H3,(H2,15,16,17). The van der Waals surface area contributed by atoms with Gasteiger partial charge in [0, 0.05) is 7.11 Å². The first-order chi connectivity index (χ1) is 8.81. The van der Waals surface area contributed by atoms with Crippen molar-refractivity contribution in [3.8, 4) is 0 Å². The lowest BCUT2D eigenvalue weighted by Gasteiger charge is -2.19. The van der Waals surface area contributed by atoms with E-state index >= 15 is 0 Å². The Labute approximate surface area is 108 Å². The van der Waals surface area contributed by atoms with E-state index in [1.807, 2.05) is 18.2 Å². The van der Waals surface area contributed by atoms with Gasteiger partial charge in [-0.2, -0.15) is 0 Å². The number of aliphatic imine (C=N–C) groups is 1. The van der Waals surface area contributed by atoms with Gasteiger partial charge in [0.25, 0.3) is 0 Å². The molecule has 4 N–H and O–H groups in total. The molecule has 100 valence electrons. The van der Waals surface area contributed by atoms with Gasteiger partial charge in [-0.3, -0.25) is 5.43 Å². The van der Waals surface area contributed by atoms with E-state index in [9.17, 15) is 0 Å². The fourth-order valence-corrected chi connectivity index (χ4v) is 1.65. The summed E-state index contributed by atoms with van der Waals surface area (Å²) in [6, 6.07) is 10.4. The van der Waals surface area contributed by atoms with Gasteiger partial charge in [0.15, 0.2) is 0 Å². The van der Waals surface area contributed by atoms with Crippen LogP contribution in [0.15, 0.2) is 35.3 Å². The Bertz CT molecular complexity index is 353. The second-order valence-electron chi connectivity index (χ2n) is 3.88. The number of hydrogen-bond donors (Lipinski definition) is 3. The van der Waals surface area contributed by atoms with Crippen LogP contribution >= 0.6 is 0 Å². The summed E-state index contributed by atoms with van der Waals surface area (Å²) in [5, 5.41) is 3.29. The molecule has 0 aromatic heterocycles.